The van der Waals surface area contributed by atoms with E-state index in [0.717, 1.165) is 56.8 Å². The molecule has 2 fully saturated rings. The molecule has 3 aromatic carbocycles. The number of benzene rings is 3. The molecule has 0 spiro atoms. The zero-order chi connectivity index (χ0) is 43.9. The predicted octanol–water partition coefficient (Wildman–Crippen LogP) is 8.11. The molecule has 1 unspecified atom stereocenters. The first-order valence-corrected chi connectivity index (χ1v) is 23.3. The van der Waals surface area contributed by atoms with Gasteiger partial charge in [0.1, 0.15) is 5.52 Å². The second kappa shape index (κ2) is 17.4. The lowest BCUT2D eigenvalue weighted by Crippen LogP contribution is -2.31. The van der Waals surface area contributed by atoms with E-state index in [9.17, 15) is 23.3 Å². The quantitative estimate of drug-likeness (QED) is 0.0417. The van der Waals surface area contributed by atoms with Gasteiger partial charge in [-0.05, 0) is 116 Å². The number of fused-ring (bicyclic) bond motifs is 2. The van der Waals surface area contributed by atoms with Crippen LogP contribution in [0.25, 0.3) is 33.3 Å². The number of likely N-dealkylation sites (tertiary alicyclic amines) is 1. The van der Waals surface area contributed by atoms with Crippen LogP contribution in [0, 0.1) is 21.4 Å². The molecular formula is C46H50ClN9O6S. The van der Waals surface area contributed by atoms with Crippen molar-refractivity contribution in [3.63, 3.8) is 0 Å². The largest absolute Gasteiger partial charge is 0.486 e. The van der Waals surface area contributed by atoms with Gasteiger partial charge in [-0.1, -0.05) is 43.2 Å². The Morgan fingerprint density at radius 3 is 2.67 bits per heavy atom. The average Bonchev–Trinajstić information content (AvgIpc) is 3.60. The van der Waals surface area contributed by atoms with E-state index in [4.69, 9.17) is 16.3 Å². The number of pyridine rings is 1. The van der Waals surface area contributed by atoms with Crippen molar-refractivity contribution >= 4 is 66.5 Å². The molecule has 9 rings (SSSR count). The van der Waals surface area contributed by atoms with Crippen molar-refractivity contribution in [3.05, 3.63) is 117 Å². The van der Waals surface area contributed by atoms with Crippen LogP contribution in [0.15, 0.2) is 95.7 Å². The molecule has 17 heteroatoms. The maximum absolute atomic E-state index is 14.1. The third-order valence-electron chi connectivity index (χ3n) is 12.4. The van der Waals surface area contributed by atoms with Crippen LogP contribution in [0.3, 0.4) is 0 Å². The number of nitrogens with zero attached hydrogens (tertiary/aromatic N) is 5. The van der Waals surface area contributed by atoms with E-state index in [1.54, 1.807) is 35.3 Å². The number of nitro benzene ring substituents is 1. The van der Waals surface area contributed by atoms with Crippen molar-refractivity contribution in [3.8, 4) is 11.4 Å². The molecule has 1 saturated carbocycles. The number of sulfonamides is 1. The highest BCUT2D eigenvalue weighted by atomic mass is 35.5. The fraction of sp³-hybridized carbons (Fsp3) is 0.370. The molecular weight excluding hydrogens is 842 g/mol. The first-order valence-electron chi connectivity index (χ1n) is 21.4. The lowest BCUT2D eigenvalue weighted by atomic mass is 9.72. The van der Waals surface area contributed by atoms with Crippen molar-refractivity contribution < 1.29 is 22.9 Å². The molecule has 63 heavy (non-hydrogen) atoms. The number of allylic oxidation sites excluding steroid dienone is 1. The van der Waals surface area contributed by atoms with Crippen molar-refractivity contribution in [2.24, 2.45) is 11.3 Å². The zero-order valence-corrected chi connectivity index (χ0v) is 36.8. The number of hydrogen-bond donors (Lipinski definition) is 4. The molecule has 2 aliphatic carbocycles. The summed E-state index contributed by atoms with van der Waals surface area (Å²) in [4.78, 5) is 36.5. The van der Waals surface area contributed by atoms with Crippen molar-refractivity contribution in [1.82, 2.24) is 34.7 Å². The lowest BCUT2D eigenvalue weighted by Gasteiger charge is -2.34. The topological polar surface area (TPSA) is 189 Å². The van der Waals surface area contributed by atoms with Crippen LogP contribution in [0.1, 0.15) is 68.3 Å². The molecule has 0 radical (unpaired) electrons. The first kappa shape index (κ1) is 42.5. The maximum atomic E-state index is 14.1. The summed E-state index contributed by atoms with van der Waals surface area (Å²) in [6.07, 6.45) is 9.80. The number of amides is 1. The number of anilines is 1. The molecule has 1 atom stereocenters. The van der Waals surface area contributed by atoms with Gasteiger partial charge < -0.3 is 15.4 Å². The second-order valence-corrected chi connectivity index (χ2v) is 19.8. The second-order valence-electron chi connectivity index (χ2n) is 17.6. The molecule has 1 saturated heterocycles. The minimum absolute atomic E-state index is 0.0220. The van der Waals surface area contributed by atoms with E-state index in [1.807, 2.05) is 24.3 Å². The van der Waals surface area contributed by atoms with E-state index in [2.05, 4.69) is 61.3 Å². The van der Waals surface area contributed by atoms with Gasteiger partial charge in [-0.2, -0.15) is 0 Å². The molecule has 0 bridgehead atoms. The standard InChI is InChI=1S/C46H50ClN9O6S/c1-46(2)16-13-32(38(24-46)30-3-5-33(47)6-4-30)25-48-18-19-49-34-7-11-37(40(22-34)55-41-21-31-14-17-50-44(31)52-39(41)26-51-55)45(57)53-63(60,61)36-10-12-43(42(23-36)56(58)59)62-28-29-15-20-54(27-29)35-8-9-35/h3-7,10-12,14,17,21-23,26,29,35,48-49,51H,8-9,13,15-16,18-20,24-25,27-28H2,1-2H3,(H,53,57). The summed E-state index contributed by atoms with van der Waals surface area (Å²) >= 11 is 6.20. The van der Waals surface area contributed by atoms with Crippen molar-refractivity contribution in [1.29, 1.82) is 0 Å². The molecule has 15 nitrogen and oxygen atoms in total. The minimum Gasteiger partial charge on any atom is -0.486 e. The van der Waals surface area contributed by atoms with Gasteiger partial charge in [0.2, 0.25) is 0 Å². The van der Waals surface area contributed by atoms with Crippen LogP contribution in [0.5, 0.6) is 5.75 Å². The van der Waals surface area contributed by atoms with E-state index in [-0.39, 0.29) is 29.3 Å². The van der Waals surface area contributed by atoms with Crippen molar-refractivity contribution in [2.45, 2.75) is 63.3 Å². The molecule has 6 aromatic rings. The molecule has 3 aliphatic rings. The van der Waals surface area contributed by atoms with Gasteiger partial charge in [-0.3, -0.25) is 29.6 Å². The summed E-state index contributed by atoms with van der Waals surface area (Å²) in [7, 11) is -4.58. The summed E-state index contributed by atoms with van der Waals surface area (Å²) < 4.78 is 37.3. The summed E-state index contributed by atoms with van der Waals surface area (Å²) in [5, 5.41) is 23.9. The van der Waals surface area contributed by atoms with E-state index in [1.165, 1.54) is 41.7 Å². The summed E-state index contributed by atoms with van der Waals surface area (Å²) in [5.74, 6) is -0.723. The Hall–Kier alpha value is -5.81. The van der Waals surface area contributed by atoms with E-state index in [0.29, 0.717) is 52.2 Å². The van der Waals surface area contributed by atoms with Crippen molar-refractivity contribution in [2.75, 3.05) is 44.6 Å². The first-order chi connectivity index (χ1) is 30.3. The Balaban J connectivity index is 0.925. The lowest BCUT2D eigenvalue weighted by molar-refractivity contribution is -0.386. The number of ether oxygens (including phenoxy) is 1. The summed E-state index contributed by atoms with van der Waals surface area (Å²) in [6, 6.07) is 20.9. The molecule has 1 aliphatic heterocycles. The fourth-order valence-electron chi connectivity index (χ4n) is 8.80. The Morgan fingerprint density at radius 1 is 1.05 bits per heavy atom. The number of halogens is 1. The predicted molar refractivity (Wildman–Crippen MR) is 244 cm³/mol. The van der Waals surface area contributed by atoms with Gasteiger partial charge in [0.15, 0.2) is 11.4 Å². The Labute approximate surface area is 370 Å². The highest BCUT2D eigenvalue weighted by Gasteiger charge is 2.35. The molecule has 328 valence electrons. The van der Waals surface area contributed by atoms with Gasteiger partial charge in [-0.15, -0.1) is 0 Å². The van der Waals surface area contributed by atoms with E-state index >= 15 is 0 Å². The molecule has 4 N–H and O–H groups in total. The number of aromatic amines is 1. The molecule has 3 aromatic heterocycles. The molecule has 1 amide bonds. The van der Waals surface area contributed by atoms with Crippen LogP contribution in [0.4, 0.5) is 11.4 Å². The maximum Gasteiger partial charge on any atom is 0.312 e. The number of hydrogen-bond acceptors (Lipinski definition) is 11. The monoisotopic (exact) mass is 891 g/mol. The van der Waals surface area contributed by atoms with Crippen LogP contribution in [0.2, 0.25) is 5.02 Å². The Morgan fingerprint density at radius 2 is 1.87 bits per heavy atom. The average molecular weight is 892 g/mol. The zero-order valence-electron chi connectivity index (χ0n) is 35.2. The van der Waals surface area contributed by atoms with Crippen LogP contribution in [-0.4, -0.2) is 89.3 Å². The normalized spacial score (nSPS) is 18.0. The Kier molecular flexibility index (Phi) is 11.7. The number of aromatic nitrogens is 4. The van der Waals surface area contributed by atoms with Gasteiger partial charge in [0, 0.05) is 72.7 Å². The van der Waals surface area contributed by atoms with Gasteiger partial charge >= 0.3 is 5.69 Å². The number of carbonyl (C=O) groups is 1. The van der Waals surface area contributed by atoms with Crippen LogP contribution >= 0.6 is 11.6 Å². The van der Waals surface area contributed by atoms with Gasteiger partial charge in [0.05, 0.1) is 33.2 Å². The third kappa shape index (κ3) is 9.44. The third-order valence-corrected chi connectivity index (χ3v) is 14.0. The Bertz CT molecular complexity index is 2850. The van der Waals surface area contributed by atoms with Crippen LogP contribution in [-0.2, 0) is 10.0 Å². The smallest absolute Gasteiger partial charge is 0.312 e. The SMILES string of the molecule is CC1(C)CCC(CNCCNc2ccc(C(=O)NS(=O)(=O)c3ccc(OCC4CCN(C5CC5)C4)c([N+](=O)[O-])c3)c(-n3[nH]cc4nc5nccc5cc43)c2)=C(c2ccc(Cl)cc2)C1. The number of nitrogens with one attached hydrogen (secondary N) is 4. The summed E-state index contributed by atoms with van der Waals surface area (Å²) in [6.45, 7) is 8.71. The number of carbonyl (C=O) groups excluding carboxylic acids is 1. The van der Waals surface area contributed by atoms with Crippen LogP contribution < -0.4 is 20.1 Å². The number of H-pyrrole nitrogens is 1. The molecule has 4 heterocycles. The number of rotatable bonds is 16. The highest BCUT2D eigenvalue weighted by Crippen LogP contribution is 2.43. The minimum atomic E-state index is -4.58. The summed E-state index contributed by atoms with van der Waals surface area (Å²) in [5.41, 5.74) is 6.53. The number of nitro groups is 1. The van der Waals surface area contributed by atoms with Gasteiger partial charge in [-0.25, -0.2) is 23.1 Å². The highest BCUT2D eigenvalue weighted by molar-refractivity contribution is 7.90. The van der Waals surface area contributed by atoms with Gasteiger partial charge in [0.25, 0.3) is 15.9 Å². The van der Waals surface area contributed by atoms with E-state index < -0.39 is 31.4 Å². The fourth-order valence-corrected chi connectivity index (χ4v) is 9.91.